The summed E-state index contributed by atoms with van der Waals surface area (Å²) in [7, 11) is -3.22. The van der Waals surface area contributed by atoms with E-state index in [1.54, 1.807) is 6.20 Å². The van der Waals surface area contributed by atoms with Crippen molar-refractivity contribution in [1.82, 2.24) is 9.71 Å². The number of rotatable bonds is 5. The van der Waals surface area contributed by atoms with E-state index in [4.69, 9.17) is 0 Å². The Kier molecular flexibility index (Phi) is 4.49. The van der Waals surface area contributed by atoms with Crippen LogP contribution in [-0.2, 0) is 10.0 Å². The van der Waals surface area contributed by atoms with Crippen molar-refractivity contribution in [3.63, 3.8) is 0 Å². The molecule has 0 amide bonds. The van der Waals surface area contributed by atoms with Gasteiger partial charge >= 0.3 is 0 Å². The largest absolute Gasteiger partial charge is 0.248 e. The van der Waals surface area contributed by atoms with Crippen LogP contribution in [0, 0.1) is 0 Å². The maximum Gasteiger partial charge on any atom is 0.222 e. The van der Waals surface area contributed by atoms with Crippen molar-refractivity contribution < 1.29 is 8.42 Å². The number of aromatic nitrogens is 1. The third-order valence-electron chi connectivity index (χ3n) is 1.62. The fourth-order valence-corrected chi connectivity index (χ4v) is 2.98. The van der Waals surface area contributed by atoms with Gasteiger partial charge in [-0.15, -0.1) is 11.3 Å². The Labute approximate surface area is 95.9 Å². The predicted molar refractivity (Wildman–Crippen MR) is 61.0 cm³/mol. The number of halogens is 1. The summed E-state index contributed by atoms with van der Waals surface area (Å²) >= 11 is 4.38. The van der Waals surface area contributed by atoms with Crippen molar-refractivity contribution in [2.75, 3.05) is 4.66 Å². The topological polar surface area (TPSA) is 59.1 Å². The van der Waals surface area contributed by atoms with Crippen LogP contribution in [0.5, 0.6) is 0 Å². The smallest absolute Gasteiger partial charge is 0.222 e. The molecule has 14 heavy (non-hydrogen) atoms. The Hall–Kier alpha value is 0.0200. The number of hydrogen-bond acceptors (Lipinski definition) is 4. The summed E-state index contributed by atoms with van der Waals surface area (Å²) in [6, 6.07) is -0.211. The zero-order valence-corrected chi connectivity index (χ0v) is 10.8. The van der Waals surface area contributed by atoms with Crippen LogP contribution in [0.3, 0.4) is 0 Å². The second-order valence-electron chi connectivity index (χ2n) is 2.67. The number of sulfonamides is 1. The van der Waals surface area contributed by atoms with E-state index in [1.165, 1.54) is 11.3 Å². The molecule has 1 atom stereocenters. The van der Waals surface area contributed by atoms with Gasteiger partial charge < -0.3 is 0 Å². The normalized spacial score (nSPS) is 14.1. The molecule has 80 valence electrons. The molecule has 0 bridgehead atoms. The maximum atomic E-state index is 11.3. The van der Waals surface area contributed by atoms with Crippen LogP contribution in [0.4, 0.5) is 0 Å². The van der Waals surface area contributed by atoms with E-state index in [2.05, 4.69) is 25.6 Å². The van der Waals surface area contributed by atoms with Crippen LogP contribution in [0.1, 0.15) is 24.4 Å². The zero-order valence-electron chi connectivity index (χ0n) is 7.60. The maximum absolute atomic E-state index is 11.3. The minimum Gasteiger partial charge on any atom is -0.248 e. The number of thiazole rings is 1. The molecule has 0 saturated carbocycles. The van der Waals surface area contributed by atoms with Crippen molar-refractivity contribution in [2.24, 2.45) is 0 Å². The van der Waals surface area contributed by atoms with Crippen molar-refractivity contribution in [1.29, 1.82) is 0 Å². The van der Waals surface area contributed by atoms with E-state index in [-0.39, 0.29) is 10.7 Å². The van der Waals surface area contributed by atoms with Gasteiger partial charge in [-0.2, -0.15) is 0 Å². The van der Waals surface area contributed by atoms with Gasteiger partial charge in [-0.1, -0.05) is 22.9 Å². The summed E-state index contributed by atoms with van der Waals surface area (Å²) in [6.45, 7) is 1.92. The molecule has 0 aliphatic carbocycles. The highest BCUT2D eigenvalue weighted by Gasteiger charge is 2.18. The Balaban J connectivity index is 2.75. The first-order valence-corrected chi connectivity index (χ1v) is 7.69. The third-order valence-corrected chi connectivity index (χ3v) is 5.25. The van der Waals surface area contributed by atoms with Gasteiger partial charge in [0.15, 0.2) is 0 Å². The molecule has 4 nitrogen and oxygen atoms in total. The summed E-state index contributed by atoms with van der Waals surface area (Å²) < 4.78 is 25.1. The second-order valence-corrected chi connectivity index (χ2v) is 6.66. The van der Waals surface area contributed by atoms with Crippen molar-refractivity contribution in [2.45, 2.75) is 19.4 Å². The number of nitrogens with zero attached hydrogens (tertiary/aromatic N) is 1. The average molecular weight is 299 g/mol. The zero-order chi connectivity index (χ0) is 10.6. The van der Waals surface area contributed by atoms with E-state index in [9.17, 15) is 8.42 Å². The van der Waals surface area contributed by atoms with Crippen LogP contribution in [-0.4, -0.2) is 18.1 Å². The fourth-order valence-electron chi connectivity index (χ4n) is 0.963. The van der Waals surface area contributed by atoms with Gasteiger partial charge in [0.1, 0.15) is 9.67 Å². The summed E-state index contributed by atoms with van der Waals surface area (Å²) in [4.78, 5) is 4.08. The highest BCUT2D eigenvalue weighted by atomic mass is 79.9. The Bertz CT molecular complexity index is 363. The van der Waals surface area contributed by atoms with Gasteiger partial charge in [0.05, 0.1) is 6.04 Å². The quantitative estimate of drug-likeness (QED) is 0.844. The minimum atomic E-state index is -3.22. The first-order valence-electron chi connectivity index (χ1n) is 4.04. The van der Waals surface area contributed by atoms with E-state index in [0.717, 1.165) is 5.01 Å². The van der Waals surface area contributed by atoms with Crippen LogP contribution >= 0.6 is 27.3 Å². The minimum absolute atomic E-state index is 0.0815. The van der Waals surface area contributed by atoms with Crippen LogP contribution < -0.4 is 4.72 Å². The highest BCUT2D eigenvalue weighted by molar-refractivity contribution is 9.10. The van der Waals surface area contributed by atoms with E-state index >= 15 is 0 Å². The predicted octanol–water partition coefficient (Wildman–Crippen LogP) is 1.87. The first-order chi connectivity index (χ1) is 6.59. The number of alkyl halides is 1. The molecular formula is C7H11BrN2O2S2. The van der Waals surface area contributed by atoms with Gasteiger partial charge in [-0.25, -0.2) is 18.1 Å². The number of hydrogen-bond donors (Lipinski definition) is 1. The average Bonchev–Trinajstić information content (AvgIpc) is 2.67. The van der Waals surface area contributed by atoms with Gasteiger partial charge in [0.25, 0.3) is 0 Å². The molecule has 0 aliphatic heterocycles. The highest BCUT2D eigenvalue weighted by Crippen LogP contribution is 2.19. The van der Waals surface area contributed by atoms with Gasteiger partial charge in [0.2, 0.25) is 10.0 Å². The molecule has 0 aliphatic rings. The lowest BCUT2D eigenvalue weighted by molar-refractivity contribution is 0.553. The van der Waals surface area contributed by atoms with Crippen LogP contribution in [0.25, 0.3) is 0 Å². The summed E-state index contributed by atoms with van der Waals surface area (Å²) in [5.41, 5.74) is 0. The molecule has 0 saturated heterocycles. The molecule has 1 rings (SSSR count). The second kappa shape index (κ2) is 5.20. The summed E-state index contributed by atoms with van der Waals surface area (Å²) in [5.74, 6) is 0. The van der Waals surface area contributed by atoms with Crippen molar-refractivity contribution >= 4 is 37.3 Å². The monoisotopic (exact) mass is 298 g/mol. The molecule has 7 heteroatoms. The molecule has 0 aromatic carbocycles. The van der Waals surface area contributed by atoms with Crippen LogP contribution in [0.2, 0.25) is 0 Å². The summed E-state index contributed by atoms with van der Waals surface area (Å²) in [6.07, 6.45) is 2.37. The Morgan fingerprint density at radius 1 is 1.71 bits per heavy atom. The van der Waals surface area contributed by atoms with E-state index in [0.29, 0.717) is 6.42 Å². The van der Waals surface area contributed by atoms with Gasteiger partial charge in [-0.05, 0) is 6.42 Å². The molecule has 1 unspecified atom stereocenters. The molecule has 0 radical (unpaired) electrons. The van der Waals surface area contributed by atoms with E-state index < -0.39 is 10.0 Å². The molecular weight excluding hydrogens is 288 g/mol. The Morgan fingerprint density at radius 2 is 2.43 bits per heavy atom. The molecule has 1 heterocycles. The standard InChI is InChI=1S/C7H11BrN2O2S2/c1-2-6(7-9-3-4-13-7)10-14(11,12)5-8/h3-4,6,10H,2,5H2,1H3. The molecule has 0 fully saturated rings. The molecule has 1 aromatic rings. The fraction of sp³-hybridized carbons (Fsp3) is 0.571. The molecule has 1 aromatic heterocycles. The van der Waals surface area contributed by atoms with Crippen molar-refractivity contribution in [3.8, 4) is 0 Å². The molecule has 1 N–H and O–H groups in total. The lowest BCUT2D eigenvalue weighted by Gasteiger charge is -2.12. The van der Waals surface area contributed by atoms with E-state index in [1.807, 2.05) is 12.3 Å². The van der Waals surface area contributed by atoms with Crippen LogP contribution in [0.15, 0.2) is 11.6 Å². The molecule has 0 spiro atoms. The lowest BCUT2D eigenvalue weighted by Crippen LogP contribution is -2.28. The van der Waals surface area contributed by atoms with Gasteiger partial charge in [0, 0.05) is 11.6 Å². The SMILES string of the molecule is CCC(NS(=O)(=O)CBr)c1nccs1. The summed E-state index contributed by atoms with van der Waals surface area (Å²) in [5, 5.41) is 2.64. The van der Waals surface area contributed by atoms with Gasteiger partial charge in [-0.3, -0.25) is 0 Å². The van der Waals surface area contributed by atoms with Crippen molar-refractivity contribution in [3.05, 3.63) is 16.6 Å². The third kappa shape index (κ3) is 3.30. The first kappa shape index (κ1) is 12.1. The Morgan fingerprint density at radius 3 is 2.86 bits per heavy atom. The lowest BCUT2D eigenvalue weighted by atomic mass is 10.3. The number of nitrogens with one attached hydrogen (secondary N) is 1.